The SMILES string of the molecule is CC(=CI)c1ccc(C)cc1. The van der Waals surface area contributed by atoms with Crippen molar-refractivity contribution in [1.82, 2.24) is 0 Å². The van der Waals surface area contributed by atoms with Crippen LogP contribution in [0.25, 0.3) is 5.57 Å². The van der Waals surface area contributed by atoms with Crippen molar-refractivity contribution in [2.45, 2.75) is 13.8 Å². The van der Waals surface area contributed by atoms with Crippen molar-refractivity contribution in [1.29, 1.82) is 0 Å². The van der Waals surface area contributed by atoms with Crippen molar-refractivity contribution in [3.05, 3.63) is 39.5 Å². The number of rotatable bonds is 1. The lowest BCUT2D eigenvalue weighted by atomic mass is 10.1. The Balaban J connectivity index is 2.99. The summed E-state index contributed by atoms with van der Waals surface area (Å²) < 4.78 is 2.10. The van der Waals surface area contributed by atoms with Crippen LogP contribution in [0.1, 0.15) is 18.1 Å². The third kappa shape index (κ3) is 2.33. The highest BCUT2D eigenvalue weighted by Crippen LogP contribution is 2.15. The number of halogens is 1. The van der Waals surface area contributed by atoms with E-state index in [2.05, 4.69) is 64.8 Å². The van der Waals surface area contributed by atoms with Gasteiger partial charge in [-0.2, -0.15) is 0 Å². The third-order valence-corrected chi connectivity index (χ3v) is 2.60. The van der Waals surface area contributed by atoms with Crippen LogP contribution in [0.15, 0.2) is 28.3 Å². The molecule has 0 radical (unpaired) electrons. The first kappa shape index (κ1) is 8.78. The minimum atomic E-state index is 1.31. The largest absolute Gasteiger partial charge is 0.0587 e. The molecule has 0 N–H and O–H groups in total. The van der Waals surface area contributed by atoms with Crippen LogP contribution in [0.4, 0.5) is 0 Å². The monoisotopic (exact) mass is 258 g/mol. The molecule has 0 aliphatic rings. The van der Waals surface area contributed by atoms with Crippen LogP contribution in [0.5, 0.6) is 0 Å². The minimum Gasteiger partial charge on any atom is -0.0587 e. The summed E-state index contributed by atoms with van der Waals surface area (Å²) in [4.78, 5) is 0. The Morgan fingerprint density at radius 1 is 1.27 bits per heavy atom. The topological polar surface area (TPSA) is 0 Å². The van der Waals surface area contributed by atoms with Crippen LogP contribution in [-0.2, 0) is 0 Å². The van der Waals surface area contributed by atoms with E-state index in [1.807, 2.05) is 0 Å². The van der Waals surface area contributed by atoms with Gasteiger partial charge in [0.15, 0.2) is 0 Å². The number of aryl methyl sites for hydroxylation is 1. The van der Waals surface area contributed by atoms with E-state index in [1.54, 1.807) is 0 Å². The van der Waals surface area contributed by atoms with Crippen molar-refractivity contribution in [3.8, 4) is 0 Å². The zero-order chi connectivity index (χ0) is 8.27. The maximum Gasteiger partial charge on any atom is -0.0198 e. The Morgan fingerprint density at radius 3 is 2.27 bits per heavy atom. The first-order valence-corrected chi connectivity index (χ1v) is 4.82. The molecule has 0 heterocycles. The van der Waals surface area contributed by atoms with E-state index in [1.165, 1.54) is 16.7 Å². The highest BCUT2D eigenvalue weighted by molar-refractivity contribution is 14.1. The molecule has 0 unspecified atom stereocenters. The normalized spacial score (nSPS) is 11.7. The molecule has 0 saturated heterocycles. The van der Waals surface area contributed by atoms with Gasteiger partial charge in [-0.25, -0.2) is 0 Å². The molecule has 1 aromatic carbocycles. The number of benzene rings is 1. The average molecular weight is 258 g/mol. The molecule has 0 amide bonds. The van der Waals surface area contributed by atoms with Gasteiger partial charge in [0, 0.05) is 0 Å². The van der Waals surface area contributed by atoms with Crippen LogP contribution in [-0.4, -0.2) is 0 Å². The Kier molecular flexibility index (Phi) is 3.12. The van der Waals surface area contributed by atoms with Crippen molar-refractivity contribution < 1.29 is 0 Å². The van der Waals surface area contributed by atoms with Gasteiger partial charge in [-0.15, -0.1) is 0 Å². The highest BCUT2D eigenvalue weighted by atomic mass is 127. The second kappa shape index (κ2) is 3.90. The molecular formula is C10H11I. The summed E-state index contributed by atoms with van der Waals surface area (Å²) in [5.41, 5.74) is 3.95. The molecule has 0 aliphatic heterocycles. The lowest BCUT2D eigenvalue weighted by Crippen LogP contribution is -1.77. The molecule has 58 valence electrons. The first-order valence-electron chi connectivity index (χ1n) is 3.58. The predicted molar refractivity (Wildman–Crippen MR) is 58.9 cm³/mol. The lowest BCUT2D eigenvalue weighted by Gasteiger charge is -1.99. The molecule has 0 nitrogen and oxygen atoms in total. The molecule has 0 aliphatic carbocycles. The lowest BCUT2D eigenvalue weighted by molar-refractivity contribution is 1.45. The van der Waals surface area contributed by atoms with Crippen LogP contribution in [0.2, 0.25) is 0 Å². The van der Waals surface area contributed by atoms with E-state index in [-0.39, 0.29) is 0 Å². The number of allylic oxidation sites excluding steroid dienone is 1. The number of hydrogen-bond acceptors (Lipinski definition) is 0. The fourth-order valence-corrected chi connectivity index (χ4v) is 1.24. The van der Waals surface area contributed by atoms with Crippen molar-refractivity contribution in [2.24, 2.45) is 0 Å². The molecule has 1 rings (SSSR count). The van der Waals surface area contributed by atoms with Gasteiger partial charge in [-0.3, -0.25) is 0 Å². The van der Waals surface area contributed by atoms with Crippen molar-refractivity contribution in [3.63, 3.8) is 0 Å². The Morgan fingerprint density at radius 2 is 1.82 bits per heavy atom. The zero-order valence-corrected chi connectivity index (χ0v) is 8.92. The molecule has 0 saturated carbocycles. The molecule has 0 atom stereocenters. The van der Waals surface area contributed by atoms with Gasteiger partial charge >= 0.3 is 0 Å². The molecule has 0 bridgehead atoms. The summed E-state index contributed by atoms with van der Waals surface area (Å²) in [5.74, 6) is 0. The van der Waals surface area contributed by atoms with Crippen molar-refractivity contribution in [2.75, 3.05) is 0 Å². The summed E-state index contributed by atoms with van der Waals surface area (Å²) in [6, 6.07) is 8.58. The van der Waals surface area contributed by atoms with E-state index in [9.17, 15) is 0 Å². The standard InChI is InChI=1S/C10H11I/c1-8-3-5-10(6-4-8)9(2)7-11/h3-7H,1-2H3. The van der Waals surface area contributed by atoms with Gasteiger partial charge in [-0.1, -0.05) is 52.4 Å². The predicted octanol–water partition coefficient (Wildman–Crippen LogP) is 3.79. The Bertz CT molecular complexity index is 257. The highest BCUT2D eigenvalue weighted by Gasteiger charge is 1.92. The van der Waals surface area contributed by atoms with Crippen molar-refractivity contribution >= 4 is 28.2 Å². The fourth-order valence-electron chi connectivity index (χ4n) is 0.879. The molecule has 0 spiro atoms. The maximum absolute atomic E-state index is 2.26. The zero-order valence-electron chi connectivity index (χ0n) is 6.76. The van der Waals surface area contributed by atoms with E-state index >= 15 is 0 Å². The maximum atomic E-state index is 2.26. The Hall–Kier alpha value is -0.310. The van der Waals surface area contributed by atoms with Gasteiger partial charge in [0.25, 0.3) is 0 Å². The fraction of sp³-hybridized carbons (Fsp3) is 0.200. The summed E-state index contributed by atoms with van der Waals surface area (Å²) in [6.07, 6.45) is 0. The molecular weight excluding hydrogens is 247 g/mol. The van der Waals surface area contributed by atoms with E-state index in [4.69, 9.17) is 0 Å². The second-order valence-corrected chi connectivity index (χ2v) is 3.28. The Labute approximate surface area is 81.5 Å². The summed E-state index contributed by atoms with van der Waals surface area (Å²) >= 11 is 2.26. The second-order valence-electron chi connectivity index (χ2n) is 2.66. The van der Waals surface area contributed by atoms with Gasteiger partial charge in [0.1, 0.15) is 0 Å². The van der Waals surface area contributed by atoms with Crippen LogP contribution < -0.4 is 0 Å². The summed E-state index contributed by atoms with van der Waals surface area (Å²) in [7, 11) is 0. The number of hydrogen-bond donors (Lipinski definition) is 0. The van der Waals surface area contributed by atoms with E-state index in [0.29, 0.717) is 0 Å². The van der Waals surface area contributed by atoms with Gasteiger partial charge in [0.05, 0.1) is 0 Å². The third-order valence-electron chi connectivity index (χ3n) is 1.67. The summed E-state index contributed by atoms with van der Waals surface area (Å²) in [6.45, 7) is 4.23. The molecule has 0 fully saturated rings. The van der Waals surface area contributed by atoms with Crippen LogP contribution >= 0.6 is 22.6 Å². The smallest absolute Gasteiger partial charge is 0.0198 e. The van der Waals surface area contributed by atoms with Crippen LogP contribution in [0.3, 0.4) is 0 Å². The van der Waals surface area contributed by atoms with Gasteiger partial charge in [0.2, 0.25) is 0 Å². The average Bonchev–Trinajstić information content (AvgIpc) is 2.05. The molecule has 0 aromatic heterocycles. The van der Waals surface area contributed by atoms with Gasteiger partial charge in [-0.05, 0) is 29.1 Å². The van der Waals surface area contributed by atoms with E-state index in [0.717, 1.165) is 0 Å². The quantitative estimate of drug-likeness (QED) is 0.672. The molecule has 11 heavy (non-hydrogen) atoms. The summed E-state index contributed by atoms with van der Waals surface area (Å²) in [5, 5.41) is 0. The first-order chi connectivity index (χ1) is 5.24. The van der Waals surface area contributed by atoms with Gasteiger partial charge < -0.3 is 0 Å². The molecule has 1 aromatic rings. The molecule has 1 heteroatoms. The van der Waals surface area contributed by atoms with E-state index < -0.39 is 0 Å². The minimum absolute atomic E-state index is 1.31. The van der Waals surface area contributed by atoms with Crippen LogP contribution in [0, 0.1) is 6.92 Å².